The van der Waals surface area contributed by atoms with Crippen molar-refractivity contribution in [2.45, 2.75) is 23.9 Å². The second-order valence-corrected chi connectivity index (χ2v) is 8.16. The van der Waals surface area contributed by atoms with Crippen molar-refractivity contribution in [2.75, 3.05) is 32.8 Å². The zero-order valence-corrected chi connectivity index (χ0v) is 17.1. The summed E-state index contributed by atoms with van der Waals surface area (Å²) in [6, 6.07) is 14.2. The SMILES string of the molecule is O=c1c2ccccc2nc(SCc2ccccc2F)n1CCC[NH+]1CCOCC1. The number of hydrogen-bond acceptors (Lipinski definition) is 4. The number of nitrogens with one attached hydrogen (secondary N) is 1. The Labute approximate surface area is 173 Å². The van der Waals surface area contributed by atoms with Gasteiger partial charge < -0.3 is 9.64 Å². The fourth-order valence-electron chi connectivity index (χ4n) is 3.61. The number of fused-ring (bicyclic) bond motifs is 1. The first-order valence-corrected chi connectivity index (χ1v) is 11.0. The average Bonchev–Trinajstić information content (AvgIpc) is 2.76. The van der Waals surface area contributed by atoms with Crippen LogP contribution >= 0.6 is 11.8 Å². The van der Waals surface area contributed by atoms with Gasteiger partial charge in [-0.15, -0.1) is 0 Å². The molecule has 7 heteroatoms. The van der Waals surface area contributed by atoms with Crippen molar-refractivity contribution in [3.05, 3.63) is 70.3 Å². The van der Waals surface area contributed by atoms with Crippen LogP contribution in [-0.4, -0.2) is 42.4 Å². The van der Waals surface area contributed by atoms with E-state index in [4.69, 9.17) is 9.72 Å². The molecule has 0 unspecified atom stereocenters. The van der Waals surface area contributed by atoms with Gasteiger partial charge in [0.1, 0.15) is 18.9 Å². The van der Waals surface area contributed by atoms with E-state index in [9.17, 15) is 9.18 Å². The fourth-order valence-corrected chi connectivity index (χ4v) is 4.62. The van der Waals surface area contributed by atoms with E-state index in [-0.39, 0.29) is 11.4 Å². The maximum atomic E-state index is 14.0. The molecule has 5 nitrogen and oxygen atoms in total. The van der Waals surface area contributed by atoms with Crippen LogP contribution in [0.1, 0.15) is 12.0 Å². The molecule has 3 aromatic rings. The van der Waals surface area contributed by atoms with E-state index in [1.54, 1.807) is 16.7 Å². The van der Waals surface area contributed by atoms with Gasteiger partial charge in [0, 0.05) is 18.7 Å². The Balaban J connectivity index is 1.56. The van der Waals surface area contributed by atoms with Crippen LogP contribution in [-0.2, 0) is 17.0 Å². The smallest absolute Gasteiger partial charge is 0.262 e. The van der Waals surface area contributed by atoms with Crippen LogP contribution in [0.3, 0.4) is 0 Å². The molecule has 29 heavy (non-hydrogen) atoms. The molecule has 0 atom stereocenters. The van der Waals surface area contributed by atoms with E-state index in [0.29, 0.717) is 33.9 Å². The van der Waals surface area contributed by atoms with Gasteiger partial charge in [-0.3, -0.25) is 9.36 Å². The lowest BCUT2D eigenvalue weighted by atomic mass is 10.2. The highest BCUT2D eigenvalue weighted by molar-refractivity contribution is 7.98. The van der Waals surface area contributed by atoms with Crippen molar-refractivity contribution in [1.82, 2.24) is 9.55 Å². The second-order valence-electron chi connectivity index (χ2n) is 7.21. The van der Waals surface area contributed by atoms with Gasteiger partial charge in [0.2, 0.25) is 0 Å². The highest BCUT2D eigenvalue weighted by Crippen LogP contribution is 2.23. The summed E-state index contributed by atoms with van der Waals surface area (Å²) in [5, 5.41) is 1.27. The van der Waals surface area contributed by atoms with E-state index in [2.05, 4.69) is 0 Å². The molecule has 1 fully saturated rings. The summed E-state index contributed by atoms with van der Waals surface area (Å²) < 4.78 is 21.2. The average molecular weight is 415 g/mol. The van der Waals surface area contributed by atoms with E-state index in [1.807, 2.05) is 30.3 Å². The van der Waals surface area contributed by atoms with Crippen LogP contribution < -0.4 is 10.5 Å². The maximum Gasteiger partial charge on any atom is 0.262 e. The van der Waals surface area contributed by atoms with Crippen molar-refractivity contribution < 1.29 is 14.0 Å². The van der Waals surface area contributed by atoms with Crippen molar-refractivity contribution in [1.29, 1.82) is 0 Å². The predicted octanol–water partition coefficient (Wildman–Crippen LogP) is 2.13. The lowest BCUT2D eigenvalue weighted by molar-refractivity contribution is -0.908. The van der Waals surface area contributed by atoms with Gasteiger partial charge >= 0.3 is 0 Å². The van der Waals surface area contributed by atoms with Gasteiger partial charge in [-0.05, 0) is 23.8 Å². The number of ether oxygens (including phenoxy) is 1. The lowest BCUT2D eigenvalue weighted by Crippen LogP contribution is -3.14. The zero-order chi connectivity index (χ0) is 20.1. The number of hydrogen-bond donors (Lipinski definition) is 1. The summed E-state index contributed by atoms with van der Waals surface area (Å²) in [5.41, 5.74) is 1.27. The van der Waals surface area contributed by atoms with Gasteiger partial charge in [0.25, 0.3) is 5.56 Å². The van der Waals surface area contributed by atoms with E-state index < -0.39 is 0 Å². The first-order valence-electron chi connectivity index (χ1n) is 9.99. The Morgan fingerprint density at radius 3 is 2.69 bits per heavy atom. The number of para-hydroxylation sites is 1. The Kier molecular flexibility index (Phi) is 6.59. The topological polar surface area (TPSA) is 48.6 Å². The number of quaternary nitrogens is 1. The van der Waals surface area contributed by atoms with Gasteiger partial charge in [0.05, 0.1) is 30.7 Å². The first-order chi connectivity index (χ1) is 14.2. The molecule has 0 aliphatic carbocycles. The van der Waals surface area contributed by atoms with Crippen molar-refractivity contribution in [3.63, 3.8) is 0 Å². The Hall–Kier alpha value is -2.22. The molecule has 4 rings (SSSR count). The van der Waals surface area contributed by atoms with Crippen molar-refractivity contribution in [3.8, 4) is 0 Å². The second kappa shape index (κ2) is 9.52. The normalized spacial score (nSPS) is 15.1. The van der Waals surface area contributed by atoms with E-state index in [1.165, 1.54) is 22.7 Å². The number of aromatic nitrogens is 2. The monoisotopic (exact) mass is 414 g/mol. The number of halogens is 1. The Morgan fingerprint density at radius 2 is 1.86 bits per heavy atom. The van der Waals surface area contributed by atoms with Crippen LogP contribution in [0.5, 0.6) is 0 Å². The molecule has 1 saturated heterocycles. The summed E-state index contributed by atoms with van der Waals surface area (Å²) in [4.78, 5) is 19.4. The number of nitrogens with zero attached hydrogens (tertiary/aromatic N) is 2. The third kappa shape index (κ3) is 4.86. The lowest BCUT2D eigenvalue weighted by Gasteiger charge is -2.24. The Morgan fingerprint density at radius 1 is 1.10 bits per heavy atom. The third-order valence-corrected chi connectivity index (χ3v) is 6.28. The van der Waals surface area contributed by atoms with Gasteiger partial charge in [-0.25, -0.2) is 9.37 Å². The highest BCUT2D eigenvalue weighted by Gasteiger charge is 2.16. The Bertz CT molecular complexity index is 1030. The van der Waals surface area contributed by atoms with Gasteiger partial charge in [-0.2, -0.15) is 0 Å². The molecule has 0 spiro atoms. The molecule has 2 aromatic carbocycles. The molecule has 2 heterocycles. The quantitative estimate of drug-likeness (QED) is 0.475. The number of benzene rings is 2. The van der Waals surface area contributed by atoms with Crippen molar-refractivity contribution >= 4 is 22.7 Å². The summed E-state index contributed by atoms with van der Waals surface area (Å²) in [6.45, 7) is 5.24. The molecule has 1 aliphatic heterocycles. The number of morpholine rings is 1. The van der Waals surface area contributed by atoms with Crippen LogP contribution in [0.25, 0.3) is 10.9 Å². The van der Waals surface area contributed by atoms with Crippen LogP contribution in [0.15, 0.2) is 58.5 Å². The number of thioether (sulfide) groups is 1. The maximum absolute atomic E-state index is 14.0. The summed E-state index contributed by atoms with van der Waals surface area (Å²) in [5.74, 6) is 0.206. The van der Waals surface area contributed by atoms with Gasteiger partial charge in [0.15, 0.2) is 5.16 Å². The molecule has 0 bridgehead atoms. The van der Waals surface area contributed by atoms with E-state index in [0.717, 1.165) is 39.3 Å². The largest absolute Gasteiger partial charge is 0.370 e. The zero-order valence-electron chi connectivity index (χ0n) is 16.3. The van der Waals surface area contributed by atoms with Crippen LogP contribution in [0, 0.1) is 5.82 Å². The van der Waals surface area contributed by atoms with Gasteiger partial charge in [-0.1, -0.05) is 42.1 Å². The molecule has 152 valence electrons. The first kappa shape index (κ1) is 20.1. The van der Waals surface area contributed by atoms with Crippen LogP contribution in [0.2, 0.25) is 0 Å². The highest BCUT2D eigenvalue weighted by atomic mass is 32.2. The minimum atomic E-state index is -0.231. The molecule has 1 aliphatic rings. The standard InChI is InChI=1S/C22H24FN3O2S/c23-19-8-3-1-6-17(19)16-29-22-24-20-9-4-2-7-18(20)21(27)26(22)11-5-10-25-12-14-28-15-13-25/h1-4,6-9H,5,10-16H2/p+1. The third-order valence-electron chi connectivity index (χ3n) is 5.25. The minimum Gasteiger partial charge on any atom is -0.370 e. The molecule has 0 radical (unpaired) electrons. The number of rotatable bonds is 7. The molecule has 0 saturated carbocycles. The predicted molar refractivity (Wildman–Crippen MR) is 113 cm³/mol. The fraction of sp³-hybridized carbons (Fsp3) is 0.364. The summed E-state index contributed by atoms with van der Waals surface area (Å²) in [6.07, 6.45) is 0.891. The van der Waals surface area contributed by atoms with Crippen molar-refractivity contribution in [2.24, 2.45) is 0 Å². The molecule has 1 N–H and O–H groups in total. The summed E-state index contributed by atoms with van der Waals surface area (Å²) in [7, 11) is 0. The van der Waals surface area contributed by atoms with Crippen LogP contribution in [0.4, 0.5) is 4.39 Å². The summed E-state index contributed by atoms with van der Waals surface area (Å²) >= 11 is 1.41. The molecular weight excluding hydrogens is 389 g/mol. The molecule has 0 amide bonds. The minimum absolute atomic E-state index is 0.0244. The molecule has 1 aromatic heterocycles. The van der Waals surface area contributed by atoms with E-state index >= 15 is 0 Å². The molecular formula is C22H25FN3O2S+.